The van der Waals surface area contributed by atoms with Crippen LogP contribution in [0.4, 0.5) is 14.5 Å². The number of anilines is 1. The smallest absolute Gasteiger partial charge is 0.274 e. The van der Waals surface area contributed by atoms with Crippen molar-refractivity contribution in [1.82, 2.24) is 9.88 Å². The van der Waals surface area contributed by atoms with E-state index < -0.39 is 25.5 Å². The van der Waals surface area contributed by atoms with E-state index in [1.165, 1.54) is 18.3 Å². The van der Waals surface area contributed by atoms with Crippen LogP contribution >= 0.6 is 0 Å². The molecule has 1 aromatic heterocycles. The summed E-state index contributed by atoms with van der Waals surface area (Å²) in [5, 5.41) is 8.72. The number of nitrogens with zero attached hydrogens (tertiary/aromatic N) is 2. The first-order chi connectivity index (χ1) is 8.06. The zero-order chi connectivity index (χ0) is 12.8. The molecule has 1 aromatic rings. The van der Waals surface area contributed by atoms with Crippen LogP contribution in [-0.2, 0) is 0 Å². The van der Waals surface area contributed by atoms with Crippen LogP contribution in [-0.4, -0.2) is 47.0 Å². The fourth-order valence-corrected chi connectivity index (χ4v) is 1.31. The Kier molecular flexibility index (Phi) is 4.77. The SMILES string of the molecule is Nc1cccnc1C(=O)N(CCO)CC(F)F. The van der Waals surface area contributed by atoms with Gasteiger partial charge in [-0.1, -0.05) is 0 Å². The summed E-state index contributed by atoms with van der Waals surface area (Å²) >= 11 is 0. The lowest BCUT2D eigenvalue weighted by atomic mass is 10.2. The minimum atomic E-state index is -2.67. The van der Waals surface area contributed by atoms with Crippen LogP contribution in [0.2, 0.25) is 0 Å². The Hall–Kier alpha value is -1.76. The molecule has 94 valence electrons. The lowest BCUT2D eigenvalue weighted by Crippen LogP contribution is -2.38. The maximum atomic E-state index is 12.3. The third-order valence-electron chi connectivity index (χ3n) is 2.06. The van der Waals surface area contributed by atoms with Gasteiger partial charge in [0.15, 0.2) is 5.69 Å². The molecule has 0 saturated carbocycles. The number of nitrogen functional groups attached to an aromatic ring is 1. The Morgan fingerprint density at radius 2 is 2.29 bits per heavy atom. The van der Waals surface area contributed by atoms with Gasteiger partial charge in [-0.15, -0.1) is 0 Å². The third kappa shape index (κ3) is 3.63. The van der Waals surface area contributed by atoms with E-state index in [9.17, 15) is 13.6 Å². The third-order valence-corrected chi connectivity index (χ3v) is 2.06. The van der Waals surface area contributed by atoms with Gasteiger partial charge in [-0.2, -0.15) is 0 Å². The Morgan fingerprint density at radius 1 is 1.59 bits per heavy atom. The molecule has 1 rings (SSSR count). The van der Waals surface area contributed by atoms with Crippen molar-refractivity contribution < 1.29 is 18.7 Å². The number of amides is 1. The number of alkyl halides is 2. The number of pyridine rings is 1. The summed E-state index contributed by atoms with van der Waals surface area (Å²) < 4.78 is 24.5. The van der Waals surface area contributed by atoms with Gasteiger partial charge < -0.3 is 15.7 Å². The molecular weight excluding hydrogens is 232 g/mol. The van der Waals surface area contributed by atoms with Gasteiger partial charge in [0.05, 0.1) is 18.8 Å². The van der Waals surface area contributed by atoms with Crippen LogP contribution in [0.15, 0.2) is 18.3 Å². The van der Waals surface area contributed by atoms with Crippen LogP contribution < -0.4 is 5.73 Å². The molecule has 0 unspecified atom stereocenters. The molecule has 5 nitrogen and oxygen atoms in total. The molecule has 0 radical (unpaired) electrons. The van der Waals surface area contributed by atoms with Crippen LogP contribution in [0.3, 0.4) is 0 Å². The molecule has 0 saturated heterocycles. The van der Waals surface area contributed by atoms with E-state index in [0.29, 0.717) is 0 Å². The lowest BCUT2D eigenvalue weighted by molar-refractivity contribution is 0.0505. The van der Waals surface area contributed by atoms with E-state index in [2.05, 4.69) is 4.98 Å². The maximum absolute atomic E-state index is 12.3. The summed E-state index contributed by atoms with van der Waals surface area (Å²) in [5.74, 6) is -0.711. The highest BCUT2D eigenvalue weighted by Gasteiger charge is 2.21. The first-order valence-electron chi connectivity index (χ1n) is 4.95. The number of aliphatic hydroxyl groups excluding tert-OH is 1. The number of aromatic nitrogens is 1. The number of carbonyl (C=O) groups is 1. The summed E-state index contributed by atoms with van der Waals surface area (Å²) in [5.41, 5.74) is 5.56. The second kappa shape index (κ2) is 6.09. The molecule has 1 amide bonds. The van der Waals surface area contributed by atoms with Gasteiger partial charge in [-0.3, -0.25) is 4.79 Å². The van der Waals surface area contributed by atoms with Crippen molar-refractivity contribution in [1.29, 1.82) is 0 Å². The van der Waals surface area contributed by atoms with Crippen LogP contribution in [0.25, 0.3) is 0 Å². The largest absolute Gasteiger partial charge is 0.397 e. The molecule has 0 aliphatic rings. The maximum Gasteiger partial charge on any atom is 0.274 e. The minimum absolute atomic E-state index is 0.0819. The number of hydrogen-bond acceptors (Lipinski definition) is 4. The zero-order valence-corrected chi connectivity index (χ0v) is 9.01. The summed E-state index contributed by atoms with van der Waals surface area (Å²) in [4.78, 5) is 16.4. The average molecular weight is 245 g/mol. The van der Waals surface area contributed by atoms with Gasteiger partial charge in [0.2, 0.25) is 0 Å². The van der Waals surface area contributed by atoms with E-state index in [4.69, 9.17) is 10.8 Å². The highest BCUT2D eigenvalue weighted by atomic mass is 19.3. The Bertz CT molecular complexity index is 388. The molecule has 3 N–H and O–H groups in total. The Morgan fingerprint density at radius 3 is 2.82 bits per heavy atom. The van der Waals surface area contributed by atoms with Crippen molar-refractivity contribution in [2.24, 2.45) is 0 Å². The highest BCUT2D eigenvalue weighted by molar-refractivity contribution is 5.97. The minimum Gasteiger partial charge on any atom is -0.397 e. The van der Waals surface area contributed by atoms with Crippen molar-refractivity contribution in [2.45, 2.75) is 6.43 Å². The van der Waals surface area contributed by atoms with E-state index in [0.717, 1.165) is 4.90 Å². The van der Waals surface area contributed by atoms with Crippen LogP contribution in [0, 0.1) is 0 Å². The zero-order valence-electron chi connectivity index (χ0n) is 9.01. The van der Waals surface area contributed by atoms with Gasteiger partial charge in [0.1, 0.15) is 0 Å². The Labute approximate surface area is 96.9 Å². The predicted octanol–water partition coefficient (Wildman–Crippen LogP) is 0.363. The number of aliphatic hydroxyl groups is 1. The fourth-order valence-electron chi connectivity index (χ4n) is 1.31. The summed E-state index contributed by atoms with van der Waals surface area (Å²) in [6.07, 6.45) is -1.32. The second-order valence-electron chi connectivity index (χ2n) is 3.31. The molecular formula is C10H13F2N3O2. The predicted molar refractivity (Wildman–Crippen MR) is 57.6 cm³/mol. The van der Waals surface area contributed by atoms with Crippen molar-refractivity contribution in [3.05, 3.63) is 24.0 Å². The quantitative estimate of drug-likeness (QED) is 0.785. The number of hydrogen-bond donors (Lipinski definition) is 2. The number of carbonyl (C=O) groups excluding carboxylic acids is 1. The molecule has 0 fully saturated rings. The van der Waals surface area contributed by atoms with Crippen LogP contribution in [0.1, 0.15) is 10.5 Å². The topological polar surface area (TPSA) is 79.5 Å². The monoisotopic (exact) mass is 245 g/mol. The molecule has 7 heteroatoms. The molecule has 1 heterocycles. The summed E-state index contributed by atoms with van der Waals surface area (Å²) in [6, 6.07) is 3.00. The van der Waals surface area contributed by atoms with Gasteiger partial charge in [-0.25, -0.2) is 13.8 Å². The van der Waals surface area contributed by atoms with E-state index >= 15 is 0 Å². The number of halogens is 2. The first-order valence-corrected chi connectivity index (χ1v) is 4.95. The van der Waals surface area contributed by atoms with E-state index in [1.54, 1.807) is 0 Å². The van der Waals surface area contributed by atoms with Gasteiger partial charge >= 0.3 is 0 Å². The Balaban J connectivity index is 2.88. The second-order valence-corrected chi connectivity index (χ2v) is 3.31. The van der Waals surface area contributed by atoms with Gasteiger partial charge in [-0.05, 0) is 12.1 Å². The fraction of sp³-hybridized carbons (Fsp3) is 0.400. The average Bonchev–Trinajstić information content (AvgIpc) is 2.28. The number of rotatable bonds is 5. The standard InChI is InChI=1S/C10H13F2N3O2/c11-8(12)6-15(4-5-16)10(17)9-7(13)2-1-3-14-9/h1-3,8,16H,4-6,13H2. The number of nitrogens with two attached hydrogens (primary N) is 1. The summed E-state index contributed by atoms with van der Waals surface area (Å²) in [6.45, 7) is -1.33. The van der Waals surface area contributed by atoms with Gasteiger partial charge in [0.25, 0.3) is 12.3 Å². The van der Waals surface area contributed by atoms with Crippen molar-refractivity contribution >= 4 is 11.6 Å². The molecule has 0 aromatic carbocycles. The van der Waals surface area contributed by atoms with Gasteiger partial charge in [0, 0.05) is 12.7 Å². The van der Waals surface area contributed by atoms with Crippen molar-refractivity contribution in [2.75, 3.05) is 25.4 Å². The summed E-state index contributed by atoms with van der Waals surface area (Å²) in [7, 11) is 0. The van der Waals surface area contributed by atoms with Crippen molar-refractivity contribution in [3.8, 4) is 0 Å². The van der Waals surface area contributed by atoms with E-state index in [1.807, 2.05) is 0 Å². The van der Waals surface area contributed by atoms with Crippen LogP contribution in [0.5, 0.6) is 0 Å². The molecule has 0 aliphatic heterocycles. The van der Waals surface area contributed by atoms with E-state index in [-0.39, 0.29) is 17.9 Å². The molecule has 0 bridgehead atoms. The molecule has 0 aliphatic carbocycles. The first kappa shape index (κ1) is 13.3. The normalized spacial score (nSPS) is 10.6. The van der Waals surface area contributed by atoms with Crippen molar-refractivity contribution in [3.63, 3.8) is 0 Å². The molecule has 0 spiro atoms. The highest BCUT2D eigenvalue weighted by Crippen LogP contribution is 2.11. The molecule has 0 atom stereocenters. The molecule has 17 heavy (non-hydrogen) atoms. The lowest BCUT2D eigenvalue weighted by Gasteiger charge is -2.21.